The molecule has 1 N–H and O–H groups in total. The molecule has 0 radical (unpaired) electrons. The SMILES string of the molecule is OCc1cc(-c2ccc(N3CCCC3)nn2)ccc1F. The van der Waals surface area contributed by atoms with Gasteiger partial charge in [0.05, 0.1) is 12.3 Å². The van der Waals surface area contributed by atoms with Crippen molar-refractivity contribution in [2.75, 3.05) is 18.0 Å². The standard InChI is InChI=1S/C15H16FN3O/c16-13-4-3-11(9-12(13)10-20)14-5-6-15(18-17-14)19-7-1-2-8-19/h3-6,9,20H,1-2,7-8,10H2. The molecule has 5 heteroatoms. The van der Waals surface area contributed by atoms with Gasteiger partial charge >= 0.3 is 0 Å². The van der Waals surface area contributed by atoms with E-state index >= 15 is 0 Å². The summed E-state index contributed by atoms with van der Waals surface area (Å²) in [6.07, 6.45) is 2.39. The molecule has 1 aliphatic rings. The van der Waals surface area contributed by atoms with Crippen LogP contribution in [0.15, 0.2) is 30.3 Å². The molecule has 1 saturated heterocycles. The second kappa shape index (κ2) is 5.54. The van der Waals surface area contributed by atoms with Crippen molar-refractivity contribution in [2.45, 2.75) is 19.4 Å². The van der Waals surface area contributed by atoms with Crippen LogP contribution >= 0.6 is 0 Å². The van der Waals surface area contributed by atoms with Crippen LogP contribution < -0.4 is 4.90 Å². The molecule has 1 fully saturated rings. The largest absolute Gasteiger partial charge is 0.392 e. The van der Waals surface area contributed by atoms with Gasteiger partial charge in [0.15, 0.2) is 5.82 Å². The van der Waals surface area contributed by atoms with Crippen molar-refractivity contribution < 1.29 is 9.50 Å². The maximum Gasteiger partial charge on any atom is 0.151 e. The minimum absolute atomic E-state index is 0.271. The van der Waals surface area contributed by atoms with E-state index in [9.17, 15) is 4.39 Å². The predicted molar refractivity (Wildman–Crippen MR) is 74.8 cm³/mol. The van der Waals surface area contributed by atoms with E-state index in [1.54, 1.807) is 12.1 Å². The van der Waals surface area contributed by atoms with E-state index in [0.717, 1.165) is 24.5 Å². The number of rotatable bonds is 3. The van der Waals surface area contributed by atoms with Gasteiger partial charge in [0.2, 0.25) is 0 Å². The molecule has 2 aromatic rings. The van der Waals surface area contributed by atoms with Gasteiger partial charge < -0.3 is 10.0 Å². The van der Waals surface area contributed by atoms with Crippen LogP contribution in [0.4, 0.5) is 10.2 Å². The number of benzene rings is 1. The van der Waals surface area contributed by atoms with Crippen LogP contribution in [-0.2, 0) is 6.61 Å². The number of hydrogen-bond donors (Lipinski definition) is 1. The summed E-state index contributed by atoms with van der Waals surface area (Å²) in [6, 6.07) is 8.42. The van der Waals surface area contributed by atoms with Crippen LogP contribution in [0.5, 0.6) is 0 Å². The van der Waals surface area contributed by atoms with Crippen molar-refractivity contribution in [3.05, 3.63) is 41.7 Å². The van der Waals surface area contributed by atoms with Gasteiger partial charge in [-0.25, -0.2) is 4.39 Å². The quantitative estimate of drug-likeness (QED) is 0.932. The molecule has 0 aliphatic carbocycles. The molecule has 20 heavy (non-hydrogen) atoms. The van der Waals surface area contributed by atoms with Crippen LogP contribution in [0.1, 0.15) is 18.4 Å². The minimum Gasteiger partial charge on any atom is -0.392 e. The third-order valence-electron chi connectivity index (χ3n) is 3.59. The minimum atomic E-state index is -0.405. The van der Waals surface area contributed by atoms with Crippen molar-refractivity contribution in [3.8, 4) is 11.3 Å². The van der Waals surface area contributed by atoms with Crippen LogP contribution in [-0.4, -0.2) is 28.4 Å². The average molecular weight is 273 g/mol. The number of anilines is 1. The maximum absolute atomic E-state index is 13.4. The molecule has 1 aromatic heterocycles. The molecule has 0 amide bonds. The number of aromatic nitrogens is 2. The first-order chi connectivity index (χ1) is 9.78. The summed E-state index contributed by atoms with van der Waals surface area (Å²) in [4.78, 5) is 2.21. The molecule has 4 nitrogen and oxygen atoms in total. The van der Waals surface area contributed by atoms with Crippen molar-refractivity contribution in [3.63, 3.8) is 0 Å². The van der Waals surface area contributed by atoms with Crippen LogP contribution in [0.25, 0.3) is 11.3 Å². The fourth-order valence-electron chi connectivity index (χ4n) is 2.45. The van der Waals surface area contributed by atoms with Crippen molar-refractivity contribution in [1.29, 1.82) is 0 Å². The summed E-state index contributed by atoms with van der Waals surface area (Å²) in [5.74, 6) is 0.480. The van der Waals surface area contributed by atoms with Crippen LogP contribution in [0.3, 0.4) is 0 Å². The Hall–Kier alpha value is -2.01. The molecule has 2 heterocycles. The van der Waals surface area contributed by atoms with Crippen LogP contribution in [0, 0.1) is 5.82 Å². The molecular formula is C15H16FN3O. The summed E-state index contributed by atoms with van der Waals surface area (Å²) < 4.78 is 13.4. The maximum atomic E-state index is 13.4. The zero-order valence-electron chi connectivity index (χ0n) is 11.1. The number of aliphatic hydroxyl groups is 1. The number of nitrogens with zero attached hydrogens (tertiary/aromatic N) is 3. The Morgan fingerprint density at radius 1 is 1.10 bits per heavy atom. The summed E-state index contributed by atoms with van der Waals surface area (Å²) in [6.45, 7) is 1.73. The number of halogens is 1. The molecule has 104 valence electrons. The smallest absolute Gasteiger partial charge is 0.151 e. The van der Waals surface area contributed by atoms with Gasteiger partial charge in [0.1, 0.15) is 5.82 Å². The first-order valence-corrected chi connectivity index (χ1v) is 6.76. The summed E-state index contributed by atoms with van der Waals surface area (Å²) in [5.41, 5.74) is 1.71. The van der Waals surface area contributed by atoms with E-state index in [1.807, 2.05) is 12.1 Å². The lowest BCUT2D eigenvalue weighted by Crippen LogP contribution is -2.19. The Bertz CT molecular complexity index is 595. The summed E-state index contributed by atoms with van der Waals surface area (Å²) in [5, 5.41) is 17.5. The van der Waals surface area contributed by atoms with E-state index in [4.69, 9.17) is 5.11 Å². The Balaban J connectivity index is 1.87. The molecule has 3 rings (SSSR count). The summed E-state index contributed by atoms with van der Waals surface area (Å²) in [7, 11) is 0. The lowest BCUT2D eigenvalue weighted by Gasteiger charge is -2.15. The second-order valence-electron chi connectivity index (χ2n) is 4.94. The first kappa shape index (κ1) is 13.0. The molecule has 0 bridgehead atoms. The van der Waals surface area contributed by atoms with E-state index in [-0.39, 0.29) is 12.2 Å². The Morgan fingerprint density at radius 3 is 2.55 bits per heavy atom. The fraction of sp³-hybridized carbons (Fsp3) is 0.333. The Morgan fingerprint density at radius 2 is 1.90 bits per heavy atom. The zero-order valence-corrected chi connectivity index (χ0v) is 11.1. The van der Waals surface area contributed by atoms with Gasteiger partial charge in [-0.15, -0.1) is 10.2 Å². The molecule has 0 saturated carbocycles. The fourth-order valence-corrected chi connectivity index (χ4v) is 2.45. The highest BCUT2D eigenvalue weighted by molar-refractivity contribution is 5.60. The van der Waals surface area contributed by atoms with E-state index in [1.165, 1.54) is 18.9 Å². The highest BCUT2D eigenvalue weighted by Crippen LogP contribution is 2.22. The van der Waals surface area contributed by atoms with Crippen molar-refractivity contribution in [1.82, 2.24) is 10.2 Å². The van der Waals surface area contributed by atoms with Crippen LogP contribution in [0.2, 0.25) is 0 Å². The van der Waals surface area contributed by atoms with E-state index < -0.39 is 5.82 Å². The zero-order chi connectivity index (χ0) is 13.9. The first-order valence-electron chi connectivity index (χ1n) is 6.76. The van der Waals surface area contributed by atoms with Gasteiger partial charge in [-0.05, 0) is 43.2 Å². The Labute approximate surface area is 116 Å². The van der Waals surface area contributed by atoms with E-state index in [2.05, 4.69) is 15.1 Å². The Kier molecular flexibility index (Phi) is 3.60. The van der Waals surface area contributed by atoms with Gasteiger partial charge in [-0.2, -0.15) is 0 Å². The van der Waals surface area contributed by atoms with Gasteiger partial charge in [0, 0.05) is 24.2 Å². The normalized spacial score (nSPS) is 14.8. The molecule has 1 aliphatic heterocycles. The van der Waals surface area contributed by atoms with Crippen molar-refractivity contribution in [2.24, 2.45) is 0 Å². The third-order valence-corrected chi connectivity index (χ3v) is 3.59. The highest BCUT2D eigenvalue weighted by atomic mass is 19.1. The van der Waals surface area contributed by atoms with Gasteiger partial charge in [0.25, 0.3) is 0 Å². The van der Waals surface area contributed by atoms with E-state index in [0.29, 0.717) is 5.69 Å². The summed E-state index contributed by atoms with van der Waals surface area (Å²) >= 11 is 0. The molecule has 0 unspecified atom stereocenters. The topological polar surface area (TPSA) is 49.2 Å². The molecular weight excluding hydrogens is 257 g/mol. The van der Waals surface area contributed by atoms with Crippen molar-refractivity contribution >= 4 is 5.82 Å². The number of aliphatic hydroxyl groups excluding tert-OH is 1. The lowest BCUT2D eigenvalue weighted by atomic mass is 10.1. The average Bonchev–Trinajstić information content (AvgIpc) is 3.02. The molecule has 0 spiro atoms. The molecule has 0 atom stereocenters. The van der Waals surface area contributed by atoms with Gasteiger partial charge in [-0.3, -0.25) is 0 Å². The predicted octanol–water partition coefficient (Wildman–Crippen LogP) is 2.38. The lowest BCUT2D eigenvalue weighted by molar-refractivity contribution is 0.276. The number of hydrogen-bond acceptors (Lipinski definition) is 4. The third kappa shape index (κ3) is 2.49. The van der Waals surface area contributed by atoms with Gasteiger partial charge in [-0.1, -0.05) is 0 Å². The molecule has 1 aromatic carbocycles. The second-order valence-corrected chi connectivity index (χ2v) is 4.94. The highest BCUT2D eigenvalue weighted by Gasteiger charge is 2.14. The monoisotopic (exact) mass is 273 g/mol.